The van der Waals surface area contributed by atoms with Gasteiger partial charge < -0.3 is 10.2 Å². The molecule has 1 heterocycles. The van der Waals surface area contributed by atoms with Crippen molar-refractivity contribution < 1.29 is 4.39 Å². The Bertz CT molecular complexity index is 397. The van der Waals surface area contributed by atoms with Crippen molar-refractivity contribution in [1.82, 2.24) is 10.2 Å². The van der Waals surface area contributed by atoms with Crippen LogP contribution in [0.4, 0.5) is 4.39 Å². The summed E-state index contributed by atoms with van der Waals surface area (Å²) in [6.07, 6.45) is 4.90. The van der Waals surface area contributed by atoms with E-state index in [2.05, 4.69) is 17.1 Å². The van der Waals surface area contributed by atoms with Crippen LogP contribution in [0.1, 0.15) is 38.2 Å². The molecule has 0 radical (unpaired) electrons. The number of rotatable bonds is 6. The summed E-state index contributed by atoms with van der Waals surface area (Å²) in [6.45, 7) is 6.49. The van der Waals surface area contributed by atoms with Gasteiger partial charge in [-0.25, -0.2) is 4.39 Å². The first kappa shape index (κ1) is 15.7. The molecule has 1 aliphatic rings. The van der Waals surface area contributed by atoms with Crippen LogP contribution in [0.2, 0.25) is 5.02 Å². The molecular formula is C16H24ClFN2. The van der Waals surface area contributed by atoms with Gasteiger partial charge in [-0.3, -0.25) is 0 Å². The van der Waals surface area contributed by atoms with Crippen molar-refractivity contribution in [3.63, 3.8) is 0 Å². The molecule has 0 atom stereocenters. The fraction of sp³-hybridized carbons (Fsp3) is 0.625. The van der Waals surface area contributed by atoms with Crippen LogP contribution in [0.15, 0.2) is 18.2 Å². The molecule has 0 bridgehead atoms. The fourth-order valence-corrected chi connectivity index (χ4v) is 2.96. The summed E-state index contributed by atoms with van der Waals surface area (Å²) in [5.74, 6) is -0.260. The van der Waals surface area contributed by atoms with Gasteiger partial charge in [0, 0.05) is 17.6 Å². The average Bonchev–Trinajstić information content (AvgIpc) is 2.43. The van der Waals surface area contributed by atoms with Gasteiger partial charge in [-0.05, 0) is 62.7 Å². The minimum absolute atomic E-state index is 0.260. The summed E-state index contributed by atoms with van der Waals surface area (Å²) in [6, 6.07) is 5.26. The quantitative estimate of drug-likeness (QED) is 0.858. The molecule has 2 rings (SSSR count). The highest BCUT2D eigenvalue weighted by Crippen LogP contribution is 2.16. The van der Waals surface area contributed by atoms with Crippen LogP contribution < -0.4 is 5.32 Å². The number of piperidine rings is 1. The molecule has 1 fully saturated rings. The summed E-state index contributed by atoms with van der Waals surface area (Å²) in [7, 11) is 0. The Morgan fingerprint density at radius 2 is 2.05 bits per heavy atom. The van der Waals surface area contributed by atoms with Gasteiger partial charge in [0.15, 0.2) is 0 Å². The molecule has 4 heteroatoms. The maximum atomic E-state index is 13.2. The second-order valence-electron chi connectivity index (χ2n) is 5.63. The Kier molecular flexibility index (Phi) is 6.27. The number of benzene rings is 1. The van der Waals surface area contributed by atoms with E-state index in [0.29, 0.717) is 17.6 Å². The summed E-state index contributed by atoms with van der Waals surface area (Å²) in [4.78, 5) is 2.54. The van der Waals surface area contributed by atoms with Gasteiger partial charge in [-0.1, -0.05) is 24.9 Å². The second-order valence-corrected chi connectivity index (χ2v) is 6.06. The number of nitrogens with zero attached hydrogens (tertiary/aromatic N) is 1. The molecule has 1 aromatic rings. The zero-order chi connectivity index (χ0) is 14.4. The number of nitrogens with one attached hydrogen (secondary N) is 1. The van der Waals surface area contributed by atoms with Crippen molar-refractivity contribution in [1.29, 1.82) is 0 Å². The number of halogens is 2. The monoisotopic (exact) mass is 298 g/mol. The van der Waals surface area contributed by atoms with Crippen LogP contribution in [0, 0.1) is 5.82 Å². The highest BCUT2D eigenvalue weighted by molar-refractivity contribution is 6.30. The number of hydrogen-bond donors (Lipinski definition) is 1. The van der Waals surface area contributed by atoms with E-state index in [1.165, 1.54) is 51.4 Å². The van der Waals surface area contributed by atoms with Gasteiger partial charge in [0.25, 0.3) is 0 Å². The largest absolute Gasteiger partial charge is 0.310 e. The van der Waals surface area contributed by atoms with Crippen molar-refractivity contribution in [2.24, 2.45) is 0 Å². The number of hydrogen-bond acceptors (Lipinski definition) is 2. The van der Waals surface area contributed by atoms with Crippen molar-refractivity contribution in [3.8, 4) is 0 Å². The molecule has 0 aliphatic carbocycles. The molecule has 112 valence electrons. The summed E-state index contributed by atoms with van der Waals surface area (Å²) in [5.41, 5.74) is 0.920. The molecule has 20 heavy (non-hydrogen) atoms. The van der Waals surface area contributed by atoms with E-state index in [1.807, 2.05) is 6.07 Å². The summed E-state index contributed by atoms with van der Waals surface area (Å²) >= 11 is 5.86. The third-order valence-electron chi connectivity index (χ3n) is 3.93. The molecular weight excluding hydrogens is 275 g/mol. The van der Waals surface area contributed by atoms with E-state index in [4.69, 9.17) is 11.6 Å². The third-order valence-corrected chi connectivity index (χ3v) is 4.15. The van der Waals surface area contributed by atoms with Gasteiger partial charge in [0.2, 0.25) is 0 Å². The predicted molar refractivity (Wildman–Crippen MR) is 82.6 cm³/mol. The maximum absolute atomic E-state index is 13.2. The molecule has 0 aromatic heterocycles. The van der Waals surface area contributed by atoms with Gasteiger partial charge in [0.1, 0.15) is 5.82 Å². The number of likely N-dealkylation sites (tertiary alicyclic amines) is 1. The molecule has 1 saturated heterocycles. The molecule has 0 spiro atoms. The summed E-state index contributed by atoms with van der Waals surface area (Å²) < 4.78 is 13.2. The molecule has 1 aliphatic heterocycles. The average molecular weight is 299 g/mol. The first-order valence-electron chi connectivity index (χ1n) is 7.58. The van der Waals surface area contributed by atoms with Crippen molar-refractivity contribution in [2.75, 3.05) is 19.6 Å². The topological polar surface area (TPSA) is 15.3 Å². The first-order valence-corrected chi connectivity index (χ1v) is 7.96. The zero-order valence-electron chi connectivity index (χ0n) is 12.2. The Hall–Kier alpha value is -0.640. The van der Waals surface area contributed by atoms with Crippen LogP contribution in [-0.2, 0) is 6.54 Å². The highest BCUT2D eigenvalue weighted by Gasteiger charge is 2.18. The molecule has 1 aromatic carbocycles. The van der Waals surface area contributed by atoms with Crippen LogP contribution in [0.25, 0.3) is 0 Å². The van der Waals surface area contributed by atoms with Crippen molar-refractivity contribution in [3.05, 3.63) is 34.6 Å². The third kappa shape index (κ3) is 5.04. The van der Waals surface area contributed by atoms with Crippen LogP contribution in [0.5, 0.6) is 0 Å². The normalized spacial score (nSPS) is 17.6. The molecule has 0 saturated carbocycles. The van der Waals surface area contributed by atoms with Crippen molar-refractivity contribution in [2.45, 2.75) is 45.2 Å². The van der Waals surface area contributed by atoms with Crippen molar-refractivity contribution >= 4 is 11.6 Å². The standard InChI is InChI=1S/C16H24ClFN2/c1-2-3-6-20-7-4-16(5-8-20)19-12-13-9-14(17)11-15(18)10-13/h9-11,16,19H,2-8,12H2,1H3. The zero-order valence-corrected chi connectivity index (χ0v) is 12.9. The lowest BCUT2D eigenvalue weighted by Crippen LogP contribution is -2.42. The lowest BCUT2D eigenvalue weighted by atomic mass is 10.0. The highest BCUT2D eigenvalue weighted by atomic mass is 35.5. The fourth-order valence-electron chi connectivity index (χ4n) is 2.72. The molecule has 0 unspecified atom stereocenters. The van der Waals surface area contributed by atoms with E-state index < -0.39 is 0 Å². The smallest absolute Gasteiger partial charge is 0.125 e. The van der Waals surface area contributed by atoms with E-state index in [0.717, 1.165) is 5.56 Å². The SMILES string of the molecule is CCCCN1CCC(NCc2cc(F)cc(Cl)c2)CC1. The first-order chi connectivity index (χ1) is 9.67. The Morgan fingerprint density at radius 1 is 1.30 bits per heavy atom. The second kappa shape index (κ2) is 7.96. The molecule has 0 amide bonds. The summed E-state index contributed by atoms with van der Waals surface area (Å²) in [5, 5.41) is 3.99. The van der Waals surface area contributed by atoms with Crippen LogP contribution >= 0.6 is 11.6 Å². The van der Waals surface area contributed by atoms with E-state index in [-0.39, 0.29) is 5.82 Å². The van der Waals surface area contributed by atoms with E-state index in [1.54, 1.807) is 6.07 Å². The lowest BCUT2D eigenvalue weighted by Gasteiger charge is -2.32. The lowest BCUT2D eigenvalue weighted by molar-refractivity contribution is 0.195. The molecule has 1 N–H and O–H groups in total. The minimum atomic E-state index is -0.260. The Balaban J connectivity index is 1.73. The van der Waals surface area contributed by atoms with Gasteiger partial charge in [0.05, 0.1) is 0 Å². The number of unbranched alkanes of at least 4 members (excludes halogenated alkanes) is 1. The Labute approximate surface area is 126 Å². The maximum Gasteiger partial charge on any atom is 0.125 e. The van der Waals surface area contributed by atoms with E-state index >= 15 is 0 Å². The van der Waals surface area contributed by atoms with Crippen LogP contribution in [-0.4, -0.2) is 30.6 Å². The van der Waals surface area contributed by atoms with Gasteiger partial charge in [-0.15, -0.1) is 0 Å². The van der Waals surface area contributed by atoms with Gasteiger partial charge >= 0.3 is 0 Å². The van der Waals surface area contributed by atoms with Gasteiger partial charge in [-0.2, -0.15) is 0 Å². The molecule has 2 nitrogen and oxygen atoms in total. The van der Waals surface area contributed by atoms with E-state index in [9.17, 15) is 4.39 Å². The Morgan fingerprint density at radius 3 is 2.70 bits per heavy atom. The van der Waals surface area contributed by atoms with Crippen LogP contribution in [0.3, 0.4) is 0 Å². The predicted octanol–water partition coefficient (Wildman–Crippen LogP) is 3.83. The minimum Gasteiger partial charge on any atom is -0.310 e.